The topological polar surface area (TPSA) is 234 Å². The van der Waals surface area contributed by atoms with E-state index in [2.05, 4.69) is 46.0 Å². The maximum Gasteiger partial charge on any atom is 0.490 e. The van der Waals surface area contributed by atoms with Crippen molar-refractivity contribution in [2.75, 3.05) is 26.3 Å². The molecule has 71 heavy (non-hydrogen) atoms. The number of carbonyl (C=O) groups is 5. The summed E-state index contributed by atoms with van der Waals surface area (Å²) in [6, 6.07) is 27.2. The number of ketones is 1. The van der Waals surface area contributed by atoms with Crippen LogP contribution in [-0.2, 0) is 14.4 Å². The zero-order valence-electron chi connectivity index (χ0n) is 40.9. The van der Waals surface area contributed by atoms with Crippen LogP contribution in [-0.4, -0.2) is 84.4 Å². The minimum Gasteiger partial charge on any atom is -0.492 e. The van der Waals surface area contributed by atoms with Gasteiger partial charge in [-0.3, -0.25) is 14.4 Å². The van der Waals surface area contributed by atoms with Gasteiger partial charge < -0.3 is 42.2 Å². The number of hydrogen-bond acceptors (Lipinski definition) is 9. The van der Waals surface area contributed by atoms with Gasteiger partial charge in [-0.25, -0.2) is 9.59 Å². The molecule has 19 heteroatoms. The zero-order chi connectivity index (χ0) is 53.7. The van der Waals surface area contributed by atoms with Crippen LogP contribution in [0.3, 0.4) is 0 Å². The van der Waals surface area contributed by atoms with E-state index in [0.717, 1.165) is 77.1 Å². The lowest BCUT2D eigenvalue weighted by Gasteiger charge is -2.34. The number of nitrogens with one attached hydrogen (secondary N) is 1. The molecule has 0 unspecified atom stereocenters. The Hall–Kier alpha value is -6.47. The van der Waals surface area contributed by atoms with Gasteiger partial charge in [0.25, 0.3) is 0 Å². The van der Waals surface area contributed by atoms with E-state index < -0.39 is 36.1 Å². The molecule has 0 radical (unpaired) electrons. The molecular formula is C52H66F6N4O9. The van der Waals surface area contributed by atoms with Crippen LogP contribution in [0.25, 0.3) is 22.3 Å². The van der Waals surface area contributed by atoms with E-state index in [4.69, 9.17) is 46.5 Å². The summed E-state index contributed by atoms with van der Waals surface area (Å²) in [4.78, 5) is 51.2. The van der Waals surface area contributed by atoms with E-state index in [0.29, 0.717) is 53.5 Å². The highest BCUT2D eigenvalue weighted by Gasteiger charge is 2.39. The maximum absolute atomic E-state index is 11.4. The van der Waals surface area contributed by atoms with Crippen LogP contribution in [0.1, 0.15) is 111 Å². The SMILES string of the molecule is CC1(C)CCC(=O)CC1.Cc1cc(OCCN)ccc1-c1cccc(C(N)=O)c1.Cc1cc(OCCNC2CCC(C)(C)CC2)ccc1-c1cccc(C(N)=O)c1.O=C(O)C(F)(F)F.O=C(O)C(F)(F)F. The molecule has 13 nitrogen and oxygen atoms in total. The van der Waals surface area contributed by atoms with Crippen LogP contribution >= 0.6 is 0 Å². The number of aryl methyl sites for hydroxylation is 2. The van der Waals surface area contributed by atoms with Crippen molar-refractivity contribution >= 4 is 29.5 Å². The highest BCUT2D eigenvalue weighted by molar-refractivity contribution is 5.95. The van der Waals surface area contributed by atoms with Crippen LogP contribution in [0.4, 0.5) is 26.3 Å². The van der Waals surface area contributed by atoms with E-state index in [1.54, 1.807) is 18.2 Å². The fourth-order valence-corrected chi connectivity index (χ4v) is 7.20. The van der Waals surface area contributed by atoms with Gasteiger partial charge >= 0.3 is 24.3 Å². The summed E-state index contributed by atoms with van der Waals surface area (Å²) >= 11 is 0. The third kappa shape index (κ3) is 22.9. The van der Waals surface area contributed by atoms with Crippen LogP contribution in [0.15, 0.2) is 84.9 Å². The zero-order valence-corrected chi connectivity index (χ0v) is 40.9. The number of primary amides is 2. The number of carbonyl (C=O) groups excluding carboxylic acids is 3. The van der Waals surface area contributed by atoms with E-state index in [1.165, 1.54) is 25.7 Å². The molecule has 2 saturated carbocycles. The number of rotatable bonds is 12. The quantitative estimate of drug-likeness (QED) is 0.0577. The van der Waals surface area contributed by atoms with Gasteiger partial charge in [0.05, 0.1) is 0 Å². The molecule has 6 rings (SSSR count). The molecule has 0 bridgehead atoms. The molecule has 0 aromatic heterocycles. The summed E-state index contributed by atoms with van der Waals surface area (Å²) < 4.78 is 74.9. The first kappa shape index (κ1) is 60.7. The van der Waals surface area contributed by atoms with Gasteiger partial charge in [-0.2, -0.15) is 26.3 Å². The molecule has 2 aliphatic rings. The minimum atomic E-state index is -5.08. The normalized spacial score (nSPS) is 15.0. The second-order valence-electron chi connectivity index (χ2n) is 18.5. The second kappa shape index (κ2) is 27.8. The van der Waals surface area contributed by atoms with Crippen molar-refractivity contribution in [2.24, 2.45) is 28.0 Å². The smallest absolute Gasteiger partial charge is 0.490 e. The van der Waals surface area contributed by atoms with Crippen molar-refractivity contribution in [1.82, 2.24) is 5.32 Å². The molecule has 2 amide bonds. The summed E-state index contributed by atoms with van der Waals surface area (Å²) in [5.74, 6) is -4.23. The number of aliphatic carboxylic acids is 2. The first-order valence-electron chi connectivity index (χ1n) is 22.8. The third-order valence-electron chi connectivity index (χ3n) is 11.5. The van der Waals surface area contributed by atoms with E-state index in [-0.39, 0.29) is 0 Å². The van der Waals surface area contributed by atoms with Crippen molar-refractivity contribution in [3.8, 4) is 33.8 Å². The summed E-state index contributed by atoms with van der Waals surface area (Å²) in [6.07, 6.45) is -1.26. The highest BCUT2D eigenvalue weighted by atomic mass is 19.4. The first-order chi connectivity index (χ1) is 32.9. The summed E-state index contributed by atoms with van der Waals surface area (Å²) in [5.41, 5.74) is 24.3. The number of hydrogen-bond donors (Lipinski definition) is 6. The average molecular weight is 1010 g/mol. The predicted molar refractivity (Wildman–Crippen MR) is 259 cm³/mol. The van der Waals surface area contributed by atoms with Crippen LogP contribution < -0.4 is 32.0 Å². The molecule has 9 N–H and O–H groups in total. The third-order valence-corrected chi connectivity index (χ3v) is 11.5. The molecule has 4 aromatic rings. The molecule has 0 heterocycles. The summed E-state index contributed by atoms with van der Waals surface area (Å²) in [6.45, 7) is 15.8. The Morgan fingerprint density at radius 2 is 1.01 bits per heavy atom. The number of alkyl halides is 6. The second-order valence-corrected chi connectivity index (χ2v) is 18.5. The van der Waals surface area contributed by atoms with Crippen molar-refractivity contribution < 1.29 is 70.0 Å². The molecule has 2 aliphatic carbocycles. The Labute approximate surface area is 410 Å². The van der Waals surface area contributed by atoms with Gasteiger partial charge in [-0.15, -0.1) is 0 Å². The average Bonchev–Trinajstić information content (AvgIpc) is 3.29. The largest absolute Gasteiger partial charge is 0.492 e. The highest BCUT2D eigenvalue weighted by Crippen LogP contribution is 2.35. The van der Waals surface area contributed by atoms with E-state index >= 15 is 0 Å². The number of carboxylic acid groups (broad SMARTS) is 2. The van der Waals surface area contributed by atoms with Gasteiger partial charge in [0, 0.05) is 43.1 Å². The minimum absolute atomic E-state index is 0.409. The monoisotopic (exact) mass is 1000 g/mol. The first-order valence-corrected chi connectivity index (χ1v) is 22.8. The number of amides is 2. The lowest BCUT2D eigenvalue weighted by Crippen LogP contribution is -2.37. The van der Waals surface area contributed by atoms with E-state index in [9.17, 15) is 40.7 Å². The Kier molecular flexibility index (Phi) is 23.7. The summed E-state index contributed by atoms with van der Waals surface area (Å²) in [7, 11) is 0. The van der Waals surface area contributed by atoms with E-state index in [1.807, 2.05) is 67.6 Å². The van der Waals surface area contributed by atoms with Gasteiger partial charge in [0.1, 0.15) is 30.5 Å². The molecular weight excluding hydrogens is 939 g/mol. The Morgan fingerprint density at radius 3 is 1.35 bits per heavy atom. The standard InChI is InChI=1S/C24H32N2O2.C16H18N2O2.C8H14O.2C2HF3O2/c1-17-15-21(28-14-13-26-20-9-11-24(2,3)12-10-20)7-8-22(17)18-5-4-6-19(16-18)23(25)27;1-11-9-14(20-8-7-17)5-6-15(11)12-3-2-4-13(10-12)16(18)19;1-8(2)5-3-7(9)4-6-8;2*3-2(4,5)1(6)7/h4-8,15-16,20,26H,9-14H2,1-3H3,(H2,25,27);2-6,9-10H,7-8,17H2,1H3,(H2,18,19);3-6H2,1-2H3;2*(H,6,7). The molecule has 0 aliphatic heterocycles. The lowest BCUT2D eigenvalue weighted by atomic mass is 9.75. The van der Waals surface area contributed by atoms with Gasteiger partial charge in [0.2, 0.25) is 11.8 Å². The fourth-order valence-electron chi connectivity index (χ4n) is 7.20. The van der Waals surface area contributed by atoms with Crippen LogP contribution in [0.2, 0.25) is 0 Å². The molecule has 0 saturated heterocycles. The maximum atomic E-state index is 11.4. The van der Waals surface area contributed by atoms with Gasteiger partial charge in [0.15, 0.2) is 0 Å². The Bertz CT molecular complexity index is 2360. The molecule has 4 aromatic carbocycles. The number of ether oxygens (including phenoxy) is 2. The number of carboxylic acids is 2. The van der Waals surface area contributed by atoms with Crippen LogP contribution in [0, 0.1) is 24.7 Å². The van der Waals surface area contributed by atoms with Gasteiger partial charge in [-0.05, 0) is 145 Å². The van der Waals surface area contributed by atoms with Crippen molar-refractivity contribution in [3.05, 3.63) is 107 Å². The van der Waals surface area contributed by atoms with Crippen LogP contribution in [0.5, 0.6) is 11.5 Å². The van der Waals surface area contributed by atoms with Gasteiger partial charge in [-0.1, -0.05) is 64.1 Å². The number of benzene rings is 4. The summed E-state index contributed by atoms with van der Waals surface area (Å²) in [5, 5.41) is 17.9. The number of halogens is 6. The van der Waals surface area contributed by atoms with Crippen molar-refractivity contribution in [2.45, 2.75) is 111 Å². The molecule has 0 spiro atoms. The molecule has 2 fully saturated rings. The van der Waals surface area contributed by atoms with Crippen molar-refractivity contribution in [3.63, 3.8) is 0 Å². The fraction of sp³-hybridized carbons (Fsp3) is 0.442. The number of nitrogens with two attached hydrogens (primary N) is 3. The molecule has 0 atom stereocenters. The van der Waals surface area contributed by atoms with Crippen molar-refractivity contribution in [1.29, 1.82) is 0 Å². The lowest BCUT2D eigenvalue weighted by molar-refractivity contribution is -0.193. The number of Topliss-reactive ketones (excluding diaryl/α,β-unsaturated/α-hetero) is 1. The Morgan fingerprint density at radius 1 is 0.634 bits per heavy atom. The predicted octanol–water partition coefficient (Wildman–Crippen LogP) is 10.2. The Balaban J connectivity index is 0.000000346. The molecule has 390 valence electrons.